The first-order valence-corrected chi connectivity index (χ1v) is 8.40. The number of nitrogens with zero attached hydrogens (tertiary/aromatic N) is 2. The molecule has 126 valence electrons. The Bertz CT molecular complexity index is 542. The topological polar surface area (TPSA) is 52.6 Å². The molecule has 0 unspecified atom stereocenters. The van der Waals surface area contributed by atoms with E-state index in [2.05, 4.69) is 10.2 Å². The number of hydrogen-bond donors (Lipinski definition) is 1. The molecule has 0 bridgehead atoms. The van der Waals surface area contributed by atoms with Gasteiger partial charge >= 0.3 is 0 Å². The van der Waals surface area contributed by atoms with Crippen LogP contribution in [0.15, 0.2) is 24.3 Å². The SMILES string of the molecule is CN1CCN(C(=O)CNC(=O)CCCc2ccccc2Cl)CC1. The van der Waals surface area contributed by atoms with Gasteiger partial charge in [-0.05, 0) is 31.5 Å². The first-order valence-electron chi connectivity index (χ1n) is 8.02. The van der Waals surface area contributed by atoms with Crippen molar-refractivity contribution in [3.63, 3.8) is 0 Å². The monoisotopic (exact) mass is 337 g/mol. The number of aryl methyl sites for hydroxylation is 1. The van der Waals surface area contributed by atoms with Gasteiger partial charge in [0.2, 0.25) is 11.8 Å². The number of carbonyl (C=O) groups excluding carboxylic acids is 2. The summed E-state index contributed by atoms with van der Waals surface area (Å²) in [6.45, 7) is 3.33. The number of hydrogen-bond acceptors (Lipinski definition) is 3. The molecule has 1 aromatic carbocycles. The maximum atomic E-state index is 12.0. The Balaban J connectivity index is 1.63. The Labute approximate surface area is 142 Å². The van der Waals surface area contributed by atoms with Crippen LogP contribution in [0.5, 0.6) is 0 Å². The van der Waals surface area contributed by atoms with Crippen LogP contribution in [0.4, 0.5) is 0 Å². The van der Waals surface area contributed by atoms with Crippen molar-refractivity contribution in [1.82, 2.24) is 15.1 Å². The minimum Gasteiger partial charge on any atom is -0.347 e. The van der Waals surface area contributed by atoms with Crippen LogP contribution in [-0.4, -0.2) is 61.4 Å². The van der Waals surface area contributed by atoms with Crippen molar-refractivity contribution in [1.29, 1.82) is 0 Å². The largest absolute Gasteiger partial charge is 0.347 e. The maximum Gasteiger partial charge on any atom is 0.242 e. The van der Waals surface area contributed by atoms with Gasteiger partial charge in [-0.25, -0.2) is 0 Å². The zero-order valence-corrected chi connectivity index (χ0v) is 14.3. The molecule has 0 radical (unpaired) electrons. The van der Waals surface area contributed by atoms with E-state index in [-0.39, 0.29) is 18.4 Å². The third-order valence-electron chi connectivity index (χ3n) is 4.10. The average Bonchev–Trinajstić information content (AvgIpc) is 2.55. The highest BCUT2D eigenvalue weighted by atomic mass is 35.5. The second kappa shape index (κ2) is 8.89. The molecule has 1 aromatic rings. The summed E-state index contributed by atoms with van der Waals surface area (Å²) < 4.78 is 0. The van der Waals surface area contributed by atoms with E-state index in [0.717, 1.165) is 49.6 Å². The molecule has 1 saturated heterocycles. The molecule has 0 aliphatic carbocycles. The van der Waals surface area contributed by atoms with Gasteiger partial charge in [0.1, 0.15) is 0 Å². The van der Waals surface area contributed by atoms with E-state index in [9.17, 15) is 9.59 Å². The third kappa shape index (κ3) is 5.84. The van der Waals surface area contributed by atoms with Crippen molar-refractivity contribution in [2.24, 2.45) is 0 Å². The van der Waals surface area contributed by atoms with Crippen molar-refractivity contribution in [3.8, 4) is 0 Å². The summed E-state index contributed by atoms with van der Waals surface area (Å²) in [6.07, 6.45) is 1.89. The highest BCUT2D eigenvalue weighted by molar-refractivity contribution is 6.31. The highest BCUT2D eigenvalue weighted by Gasteiger charge is 2.19. The van der Waals surface area contributed by atoms with Crippen LogP contribution in [0.1, 0.15) is 18.4 Å². The fourth-order valence-electron chi connectivity index (χ4n) is 2.57. The van der Waals surface area contributed by atoms with Gasteiger partial charge in [0.25, 0.3) is 0 Å². The average molecular weight is 338 g/mol. The first kappa shape index (κ1) is 17.8. The molecule has 0 aromatic heterocycles. The van der Waals surface area contributed by atoms with E-state index in [1.807, 2.05) is 36.2 Å². The second-order valence-corrected chi connectivity index (χ2v) is 6.31. The van der Waals surface area contributed by atoms with Gasteiger partial charge < -0.3 is 15.1 Å². The van der Waals surface area contributed by atoms with Crippen LogP contribution in [0, 0.1) is 0 Å². The van der Waals surface area contributed by atoms with Crippen molar-refractivity contribution >= 4 is 23.4 Å². The van der Waals surface area contributed by atoms with Crippen LogP contribution in [0.2, 0.25) is 5.02 Å². The smallest absolute Gasteiger partial charge is 0.242 e. The van der Waals surface area contributed by atoms with Crippen molar-refractivity contribution in [3.05, 3.63) is 34.9 Å². The summed E-state index contributed by atoms with van der Waals surface area (Å²) in [4.78, 5) is 27.9. The summed E-state index contributed by atoms with van der Waals surface area (Å²) in [5, 5.41) is 3.45. The van der Waals surface area contributed by atoms with Gasteiger partial charge in [-0.3, -0.25) is 9.59 Å². The molecule has 23 heavy (non-hydrogen) atoms. The fourth-order valence-corrected chi connectivity index (χ4v) is 2.80. The minimum atomic E-state index is -0.0838. The van der Waals surface area contributed by atoms with Gasteiger partial charge in [0.15, 0.2) is 0 Å². The lowest BCUT2D eigenvalue weighted by Gasteiger charge is -2.32. The number of benzene rings is 1. The second-order valence-electron chi connectivity index (χ2n) is 5.91. The molecule has 5 nitrogen and oxygen atoms in total. The van der Waals surface area contributed by atoms with Gasteiger partial charge in [0, 0.05) is 37.6 Å². The molecule has 2 amide bonds. The molecule has 1 heterocycles. The quantitative estimate of drug-likeness (QED) is 0.857. The first-order chi connectivity index (χ1) is 11.1. The lowest BCUT2D eigenvalue weighted by atomic mass is 10.1. The zero-order chi connectivity index (χ0) is 16.7. The number of piperazine rings is 1. The van der Waals surface area contributed by atoms with Crippen LogP contribution in [0.3, 0.4) is 0 Å². The van der Waals surface area contributed by atoms with E-state index in [1.165, 1.54) is 0 Å². The molecule has 1 fully saturated rings. The summed E-state index contributed by atoms with van der Waals surface area (Å²) in [7, 11) is 2.04. The van der Waals surface area contributed by atoms with Gasteiger partial charge in [-0.15, -0.1) is 0 Å². The summed E-state index contributed by atoms with van der Waals surface area (Å²) in [6, 6.07) is 7.65. The number of carbonyl (C=O) groups is 2. The fraction of sp³-hybridized carbons (Fsp3) is 0.529. The molecular weight excluding hydrogens is 314 g/mol. The Morgan fingerprint density at radius 2 is 1.87 bits per heavy atom. The van der Waals surface area contributed by atoms with Gasteiger partial charge in [0.05, 0.1) is 6.54 Å². The number of rotatable bonds is 6. The molecule has 1 aliphatic heterocycles. The normalized spacial score (nSPS) is 15.5. The molecule has 1 N–H and O–H groups in total. The Hall–Kier alpha value is -1.59. The molecule has 1 aliphatic rings. The van der Waals surface area contributed by atoms with Crippen molar-refractivity contribution in [2.45, 2.75) is 19.3 Å². The van der Waals surface area contributed by atoms with Crippen LogP contribution < -0.4 is 5.32 Å². The van der Waals surface area contributed by atoms with Crippen LogP contribution in [-0.2, 0) is 16.0 Å². The highest BCUT2D eigenvalue weighted by Crippen LogP contribution is 2.17. The standard InChI is InChI=1S/C17H24ClN3O2/c1-20-9-11-21(12-10-20)17(23)13-19-16(22)8-4-6-14-5-2-3-7-15(14)18/h2-3,5,7H,4,6,8-13H2,1H3,(H,19,22). The molecular formula is C17H24ClN3O2. The third-order valence-corrected chi connectivity index (χ3v) is 4.47. The number of nitrogens with one attached hydrogen (secondary N) is 1. The Morgan fingerprint density at radius 1 is 1.17 bits per heavy atom. The molecule has 2 rings (SSSR count). The molecule has 6 heteroatoms. The van der Waals surface area contributed by atoms with Gasteiger partial charge in [-0.2, -0.15) is 0 Å². The number of likely N-dealkylation sites (N-methyl/N-ethyl adjacent to an activating group) is 1. The van der Waals surface area contributed by atoms with Crippen molar-refractivity contribution in [2.75, 3.05) is 39.8 Å². The number of halogens is 1. The summed E-state index contributed by atoms with van der Waals surface area (Å²) in [5.41, 5.74) is 1.05. The van der Waals surface area contributed by atoms with E-state index in [1.54, 1.807) is 0 Å². The lowest BCUT2D eigenvalue weighted by Crippen LogP contribution is -2.50. The summed E-state index contributed by atoms with van der Waals surface area (Å²) >= 11 is 6.08. The number of amides is 2. The molecule has 0 spiro atoms. The van der Waals surface area contributed by atoms with E-state index >= 15 is 0 Å². The minimum absolute atomic E-state index is 0.00226. The van der Waals surface area contributed by atoms with E-state index in [0.29, 0.717) is 6.42 Å². The predicted octanol–water partition coefficient (Wildman–Crippen LogP) is 1.55. The lowest BCUT2D eigenvalue weighted by molar-refractivity contribution is -0.134. The maximum absolute atomic E-state index is 12.0. The Kier molecular flexibility index (Phi) is 6.86. The van der Waals surface area contributed by atoms with Crippen molar-refractivity contribution < 1.29 is 9.59 Å². The summed E-state index contributed by atoms with van der Waals surface area (Å²) in [5.74, 6) is -0.0860. The predicted molar refractivity (Wildman–Crippen MR) is 91.5 cm³/mol. The molecule has 0 atom stereocenters. The van der Waals surface area contributed by atoms with Crippen LogP contribution in [0.25, 0.3) is 0 Å². The van der Waals surface area contributed by atoms with Crippen LogP contribution >= 0.6 is 11.6 Å². The van der Waals surface area contributed by atoms with Gasteiger partial charge in [-0.1, -0.05) is 29.8 Å². The Morgan fingerprint density at radius 3 is 2.57 bits per heavy atom. The zero-order valence-electron chi connectivity index (χ0n) is 13.6. The molecule has 0 saturated carbocycles. The van der Waals surface area contributed by atoms with E-state index in [4.69, 9.17) is 11.6 Å². The van der Waals surface area contributed by atoms with E-state index < -0.39 is 0 Å².